The first kappa shape index (κ1) is 16.0. The smallest absolute Gasteiger partial charge is 0.267 e. The van der Waals surface area contributed by atoms with E-state index in [9.17, 15) is 4.79 Å². The van der Waals surface area contributed by atoms with Gasteiger partial charge in [-0.3, -0.25) is 4.79 Å². The van der Waals surface area contributed by atoms with Crippen molar-refractivity contribution in [3.63, 3.8) is 0 Å². The molecule has 1 aliphatic heterocycles. The second kappa shape index (κ2) is 7.12. The molecule has 0 bridgehead atoms. The van der Waals surface area contributed by atoms with Gasteiger partial charge in [0.15, 0.2) is 5.13 Å². The van der Waals surface area contributed by atoms with Crippen LogP contribution in [0.3, 0.4) is 0 Å². The van der Waals surface area contributed by atoms with Crippen molar-refractivity contribution >= 4 is 22.3 Å². The molecule has 0 aromatic carbocycles. The first-order valence-corrected chi connectivity index (χ1v) is 9.03. The number of nitrogens with zero attached hydrogens (tertiary/aromatic N) is 4. The fourth-order valence-electron chi connectivity index (χ4n) is 2.97. The Morgan fingerprint density at radius 3 is 3.00 bits per heavy atom. The quantitative estimate of drug-likeness (QED) is 0.911. The van der Waals surface area contributed by atoms with Crippen molar-refractivity contribution in [3.05, 3.63) is 34.1 Å². The van der Waals surface area contributed by atoms with Crippen molar-refractivity contribution in [3.8, 4) is 0 Å². The van der Waals surface area contributed by atoms with E-state index in [1.807, 2.05) is 31.5 Å². The van der Waals surface area contributed by atoms with E-state index < -0.39 is 0 Å². The Labute approximate surface area is 140 Å². The van der Waals surface area contributed by atoms with Crippen LogP contribution in [0.4, 0.5) is 10.9 Å². The zero-order valence-electron chi connectivity index (χ0n) is 13.6. The van der Waals surface area contributed by atoms with E-state index in [2.05, 4.69) is 20.3 Å². The Kier molecular flexibility index (Phi) is 4.95. The van der Waals surface area contributed by atoms with Gasteiger partial charge < -0.3 is 10.2 Å². The third-order valence-corrected chi connectivity index (χ3v) is 4.87. The molecule has 0 aliphatic carbocycles. The van der Waals surface area contributed by atoms with Gasteiger partial charge >= 0.3 is 0 Å². The van der Waals surface area contributed by atoms with Crippen LogP contribution < -0.4 is 15.8 Å². The van der Waals surface area contributed by atoms with Gasteiger partial charge in [0.25, 0.3) is 5.56 Å². The fourth-order valence-corrected chi connectivity index (χ4v) is 3.51. The van der Waals surface area contributed by atoms with Crippen LogP contribution in [0, 0.1) is 0 Å². The normalized spacial score (nSPS) is 18.4. The summed E-state index contributed by atoms with van der Waals surface area (Å²) in [6.07, 6.45) is 5.33. The summed E-state index contributed by atoms with van der Waals surface area (Å²) in [5, 5.41) is 10.9. The first-order chi connectivity index (χ1) is 11.1. The van der Waals surface area contributed by atoms with Crippen LogP contribution >= 0.6 is 11.3 Å². The van der Waals surface area contributed by atoms with Crippen LogP contribution in [0.2, 0.25) is 0 Å². The van der Waals surface area contributed by atoms with E-state index in [4.69, 9.17) is 0 Å². The lowest BCUT2D eigenvalue weighted by atomic mass is 10.0. The lowest BCUT2D eigenvalue weighted by Crippen LogP contribution is -2.45. The van der Waals surface area contributed by atoms with Gasteiger partial charge in [0.05, 0.1) is 6.04 Å². The molecular formula is C16H23N5OS. The highest BCUT2D eigenvalue weighted by Crippen LogP contribution is 2.23. The van der Waals surface area contributed by atoms with Crippen LogP contribution in [-0.2, 0) is 0 Å². The van der Waals surface area contributed by atoms with E-state index >= 15 is 0 Å². The molecule has 1 aliphatic rings. The lowest BCUT2D eigenvalue weighted by molar-refractivity contribution is 0.451. The number of aromatic nitrogens is 3. The molecule has 2 aromatic heterocycles. The van der Waals surface area contributed by atoms with Crippen molar-refractivity contribution in [2.75, 3.05) is 23.3 Å². The van der Waals surface area contributed by atoms with E-state index in [1.54, 1.807) is 22.1 Å². The molecule has 124 valence electrons. The monoisotopic (exact) mass is 333 g/mol. The molecule has 0 radical (unpaired) electrons. The molecule has 0 amide bonds. The summed E-state index contributed by atoms with van der Waals surface area (Å²) in [6.45, 7) is 5.79. The summed E-state index contributed by atoms with van der Waals surface area (Å²) < 4.78 is 1.56. The summed E-state index contributed by atoms with van der Waals surface area (Å²) in [4.78, 5) is 18.5. The summed E-state index contributed by atoms with van der Waals surface area (Å²) in [5.74, 6) is 0.893. The van der Waals surface area contributed by atoms with Crippen LogP contribution in [0.1, 0.15) is 39.2 Å². The molecule has 1 unspecified atom stereocenters. The molecule has 3 rings (SSSR count). The maximum atomic E-state index is 11.9. The summed E-state index contributed by atoms with van der Waals surface area (Å²) in [5.41, 5.74) is -0.0433. The third-order valence-electron chi connectivity index (χ3n) is 4.14. The highest BCUT2D eigenvalue weighted by atomic mass is 32.1. The first-order valence-electron chi connectivity index (χ1n) is 8.15. The van der Waals surface area contributed by atoms with Gasteiger partial charge in [-0.15, -0.1) is 11.3 Å². The second-order valence-corrected chi connectivity index (χ2v) is 7.02. The number of hydrogen-bond acceptors (Lipinski definition) is 6. The predicted octanol–water partition coefficient (Wildman–Crippen LogP) is 2.75. The minimum absolute atomic E-state index is 0.0433. The lowest BCUT2D eigenvalue weighted by Gasteiger charge is -2.36. The van der Waals surface area contributed by atoms with Crippen LogP contribution in [0.25, 0.3) is 0 Å². The zero-order chi connectivity index (χ0) is 16.2. The average molecular weight is 333 g/mol. The van der Waals surface area contributed by atoms with Crippen LogP contribution in [0.5, 0.6) is 0 Å². The third kappa shape index (κ3) is 3.72. The molecule has 3 heterocycles. The van der Waals surface area contributed by atoms with E-state index in [-0.39, 0.29) is 11.6 Å². The molecule has 1 fully saturated rings. The Balaban J connectivity index is 1.78. The van der Waals surface area contributed by atoms with Crippen LogP contribution in [-0.4, -0.2) is 33.9 Å². The highest BCUT2D eigenvalue weighted by Gasteiger charge is 2.24. The Hall–Kier alpha value is -1.89. The standard InChI is InChI=1S/C16H23N5OS/c1-12(2)21-15(22)7-6-14(19-21)20-9-4-3-5-13(20)11-18-16-17-8-10-23-16/h6-8,10,12-13H,3-5,9,11H2,1-2H3,(H,17,18). The summed E-state index contributed by atoms with van der Waals surface area (Å²) >= 11 is 1.62. The Morgan fingerprint density at radius 1 is 1.39 bits per heavy atom. The molecule has 0 saturated carbocycles. The fraction of sp³-hybridized carbons (Fsp3) is 0.562. The number of hydrogen-bond donors (Lipinski definition) is 1. The molecule has 1 N–H and O–H groups in total. The van der Waals surface area contributed by atoms with Gasteiger partial charge in [-0.1, -0.05) is 0 Å². The van der Waals surface area contributed by atoms with Crippen LogP contribution in [0.15, 0.2) is 28.5 Å². The van der Waals surface area contributed by atoms with Gasteiger partial charge in [0.2, 0.25) is 0 Å². The Morgan fingerprint density at radius 2 is 2.26 bits per heavy atom. The zero-order valence-corrected chi connectivity index (χ0v) is 14.4. The number of nitrogens with one attached hydrogen (secondary N) is 1. The topological polar surface area (TPSA) is 63.1 Å². The van der Waals surface area contributed by atoms with E-state index in [1.165, 1.54) is 6.42 Å². The molecule has 23 heavy (non-hydrogen) atoms. The van der Waals surface area contributed by atoms with Crippen molar-refractivity contribution < 1.29 is 0 Å². The predicted molar refractivity (Wildman–Crippen MR) is 94.5 cm³/mol. The second-order valence-electron chi connectivity index (χ2n) is 6.13. The van der Waals surface area contributed by atoms with Crippen molar-refractivity contribution in [2.24, 2.45) is 0 Å². The van der Waals surface area contributed by atoms with Gasteiger partial charge in [-0.25, -0.2) is 9.67 Å². The molecule has 1 atom stereocenters. The number of rotatable bonds is 5. The molecule has 0 spiro atoms. The van der Waals surface area contributed by atoms with Gasteiger partial charge in [-0.2, -0.15) is 5.10 Å². The van der Waals surface area contributed by atoms with Gasteiger partial charge in [-0.05, 0) is 39.2 Å². The average Bonchev–Trinajstić information content (AvgIpc) is 3.07. The largest absolute Gasteiger partial charge is 0.359 e. The molecule has 1 saturated heterocycles. The molecule has 2 aromatic rings. The number of anilines is 2. The molecular weight excluding hydrogens is 310 g/mol. The van der Waals surface area contributed by atoms with Gasteiger partial charge in [0, 0.05) is 36.8 Å². The maximum absolute atomic E-state index is 11.9. The minimum atomic E-state index is -0.0433. The molecule has 7 heteroatoms. The minimum Gasteiger partial charge on any atom is -0.359 e. The van der Waals surface area contributed by atoms with Crippen molar-refractivity contribution in [2.45, 2.75) is 45.2 Å². The van der Waals surface area contributed by atoms with Crippen molar-refractivity contribution in [1.82, 2.24) is 14.8 Å². The maximum Gasteiger partial charge on any atom is 0.267 e. The highest BCUT2D eigenvalue weighted by molar-refractivity contribution is 7.13. The van der Waals surface area contributed by atoms with E-state index in [0.29, 0.717) is 6.04 Å². The summed E-state index contributed by atoms with van der Waals surface area (Å²) in [7, 11) is 0. The number of piperidine rings is 1. The molecule has 6 nitrogen and oxygen atoms in total. The van der Waals surface area contributed by atoms with Gasteiger partial charge in [0.1, 0.15) is 5.82 Å². The Bertz CT molecular complexity index is 682. The SMILES string of the molecule is CC(C)n1nc(N2CCCCC2CNc2nccs2)ccc1=O. The van der Waals surface area contributed by atoms with Crippen molar-refractivity contribution in [1.29, 1.82) is 0 Å². The van der Waals surface area contributed by atoms with E-state index in [0.717, 1.165) is 36.9 Å². The summed E-state index contributed by atoms with van der Waals surface area (Å²) in [6, 6.07) is 3.92. The number of thiazole rings is 1.